The highest BCUT2D eigenvalue weighted by Gasteiger charge is 2.00. The van der Waals surface area contributed by atoms with Gasteiger partial charge in [0.15, 0.2) is 0 Å². The normalized spacial score (nSPS) is 13.2. The summed E-state index contributed by atoms with van der Waals surface area (Å²) in [5.74, 6) is 0. The van der Waals surface area contributed by atoms with Gasteiger partial charge in [-0.3, -0.25) is 0 Å². The van der Waals surface area contributed by atoms with Crippen molar-refractivity contribution >= 4 is 11.3 Å². The lowest BCUT2D eigenvalue weighted by Gasteiger charge is -2.06. The summed E-state index contributed by atoms with van der Waals surface area (Å²) in [5.41, 5.74) is 5.20. The molecule has 12 heavy (non-hydrogen) atoms. The Kier molecular flexibility index (Phi) is 4.24. The van der Waals surface area contributed by atoms with E-state index in [1.165, 1.54) is 4.88 Å². The van der Waals surface area contributed by atoms with E-state index < -0.39 is 6.10 Å². The molecule has 0 saturated heterocycles. The Labute approximate surface area is 75.8 Å². The van der Waals surface area contributed by atoms with Gasteiger partial charge in [-0.05, 0) is 11.4 Å². The second-order valence-corrected chi connectivity index (χ2v) is 3.52. The summed E-state index contributed by atoms with van der Waals surface area (Å²) in [7, 11) is 0. The first-order valence-corrected chi connectivity index (χ1v) is 4.69. The summed E-state index contributed by atoms with van der Waals surface area (Å²) in [4.78, 5) is 1.17. The van der Waals surface area contributed by atoms with Gasteiger partial charge in [0, 0.05) is 11.4 Å². The lowest BCUT2D eigenvalue weighted by molar-refractivity contribution is 0.0339. The molecule has 0 aliphatic rings. The maximum atomic E-state index is 9.04. The molecule has 3 nitrogen and oxygen atoms in total. The van der Waals surface area contributed by atoms with Gasteiger partial charge in [0.1, 0.15) is 0 Å². The van der Waals surface area contributed by atoms with Crippen LogP contribution in [0.4, 0.5) is 0 Å². The third kappa shape index (κ3) is 3.32. The number of hydrogen-bond acceptors (Lipinski definition) is 4. The minimum absolute atomic E-state index is 0.254. The highest BCUT2D eigenvalue weighted by Crippen LogP contribution is 2.09. The van der Waals surface area contributed by atoms with Crippen LogP contribution in [0.25, 0.3) is 0 Å². The molecule has 0 amide bonds. The van der Waals surface area contributed by atoms with E-state index in [0.717, 1.165) is 0 Å². The second-order valence-electron chi connectivity index (χ2n) is 2.48. The predicted octanol–water partition coefficient (Wildman–Crippen LogP) is 0.584. The molecule has 1 aromatic heterocycles. The Morgan fingerprint density at radius 3 is 3.08 bits per heavy atom. The third-order valence-electron chi connectivity index (χ3n) is 1.41. The predicted molar refractivity (Wildman–Crippen MR) is 49.0 cm³/mol. The molecule has 3 N–H and O–H groups in total. The SMILES string of the molecule is NCC(O)COCc1cccs1. The van der Waals surface area contributed by atoms with Crippen LogP contribution in [0.3, 0.4) is 0 Å². The minimum atomic E-state index is -0.537. The third-order valence-corrected chi connectivity index (χ3v) is 2.26. The van der Waals surface area contributed by atoms with Gasteiger partial charge in [0.2, 0.25) is 0 Å². The number of nitrogens with two attached hydrogens (primary N) is 1. The van der Waals surface area contributed by atoms with Gasteiger partial charge >= 0.3 is 0 Å². The zero-order valence-corrected chi connectivity index (χ0v) is 7.59. The van der Waals surface area contributed by atoms with Crippen LogP contribution in [0.15, 0.2) is 17.5 Å². The number of rotatable bonds is 5. The summed E-state index contributed by atoms with van der Waals surface area (Å²) in [6.07, 6.45) is -0.537. The van der Waals surface area contributed by atoms with E-state index in [4.69, 9.17) is 15.6 Å². The smallest absolute Gasteiger partial charge is 0.0895 e. The molecule has 0 radical (unpaired) electrons. The Hall–Kier alpha value is -0.420. The van der Waals surface area contributed by atoms with Crippen LogP contribution in [-0.4, -0.2) is 24.4 Å². The van der Waals surface area contributed by atoms with Crippen molar-refractivity contribution in [1.82, 2.24) is 0 Å². The Morgan fingerprint density at radius 1 is 1.67 bits per heavy atom. The first-order chi connectivity index (χ1) is 5.83. The molecule has 0 aromatic carbocycles. The van der Waals surface area contributed by atoms with Crippen LogP contribution >= 0.6 is 11.3 Å². The van der Waals surface area contributed by atoms with Crippen molar-refractivity contribution in [1.29, 1.82) is 0 Å². The summed E-state index contributed by atoms with van der Waals surface area (Å²) in [5, 5.41) is 11.0. The lowest BCUT2D eigenvalue weighted by atomic mass is 10.4. The molecule has 0 bridgehead atoms. The highest BCUT2D eigenvalue weighted by atomic mass is 32.1. The van der Waals surface area contributed by atoms with Gasteiger partial charge in [0.25, 0.3) is 0 Å². The van der Waals surface area contributed by atoms with Gasteiger partial charge in [-0.25, -0.2) is 0 Å². The molecular formula is C8H13NO2S. The fourth-order valence-electron chi connectivity index (χ4n) is 0.758. The molecule has 1 atom stereocenters. The lowest BCUT2D eigenvalue weighted by Crippen LogP contribution is -2.24. The van der Waals surface area contributed by atoms with Crippen molar-refractivity contribution in [3.05, 3.63) is 22.4 Å². The number of thiophene rings is 1. The monoisotopic (exact) mass is 187 g/mol. The molecule has 1 rings (SSSR count). The van der Waals surface area contributed by atoms with Crippen molar-refractivity contribution < 1.29 is 9.84 Å². The zero-order chi connectivity index (χ0) is 8.81. The van der Waals surface area contributed by atoms with Crippen LogP contribution in [0.2, 0.25) is 0 Å². The topological polar surface area (TPSA) is 55.5 Å². The van der Waals surface area contributed by atoms with Gasteiger partial charge in [-0.15, -0.1) is 11.3 Å². The summed E-state index contributed by atoms with van der Waals surface area (Å²) in [6.45, 7) is 1.13. The summed E-state index contributed by atoms with van der Waals surface area (Å²) in [6, 6.07) is 3.97. The van der Waals surface area contributed by atoms with Crippen LogP contribution in [0.1, 0.15) is 4.88 Å². The summed E-state index contributed by atoms with van der Waals surface area (Å²) < 4.78 is 5.21. The average Bonchev–Trinajstić information content (AvgIpc) is 2.57. The first kappa shape index (κ1) is 9.67. The largest absolute Gasteiger partial charge is 0.389 e. The van der Waals surface area contributed by atoms with Gasteiger partial charge in [0.05, 0.1) is 19.3 Å². The first-order valence-electron chi connectivity index (χ1n) is 3.81. The quantitative estimate of drug-likeness (QED) is 0.709. The number of hydrogen-bond donors (Lipinski definition) is 2. The fraction of sp³-hybridized carbons (Fsp3) is 0.500. The second kappa shape index (κ2) is 5.27. The Balaban J connectivity index is 2.11. The van der Waals surface area contributed by atoms with Crippen molar-refractivity contribution in [2.75, 3.05) is 13.2 Å². The van der Waals surface area contributed by atoms with Crippen molar-refractivity contribution in [2.45, 2.75) is 12.7 Å². The molecule has 0 fully saturated rings. The number of aliphatic hydroxyl groups is 1. The molecule has 1 heterocycles. The van der Waals surface area contributed by atoms with E-state index in [-0.39, 0.29) is 6.54 Å². The van der Waals surface area contributed by atoms with E-state index in [2.05, 4.69) is 0 Å². The van der Waals surface area contributed by atoms with E-state index in [1.54, 1.807) is 11.3 Å². The molecule has 1 aromatic rings. The Bertz CT molecular complexity index is 201. The van der Waals surface area contributed by atoms with E-state index >= 15 is 0 Å². The molecule has 4 heteroatoms. The number of ether oxygens (including phenoxy) is 1. The van der Waals surface area contributed by atoms with Crippen LogP contribution < -0.4 is 5.73 Å². The summed E-state index contributed by atoms with van der Waals surface area (Å²) >= 11 is 1.64. The average molecular weight is 187 g/mol. The maximum Gasteiger partial charge on any atom is 0.0895 e. The van der Waals surface area contributed by atoms with Gasteiger partial charge in [-0.2, -0.15) is 0 Å². The molecule has 0 spiro atoms. The van der Waals surface area contributed by atoms with Gasteiger partial charge < -0.3 is 15.6 Å². The molecule has 0 aliphatic heterocycles. The highest BCUT2D eigenvalue weighted by molar-refractivity contribution is 7.09. The van der Waals surface area contributed by atoms with Crippen molar-refractivity contribution in [3.63, 3.8) is 0 Å². The van der Waals surface area contributed by atoms with E-state index in [1.807, 2.05) is 17.5 Å². The van der Waals surface area contributed by atoms with Crippen molar-refractivity contribution in [3.8, 4) is 0 Å². The number of aliphatic hydroxyl groups excluding tert-OH is 1. The maximum absolute atomic E-state index is 9.04. The molecular weight excluding hydrogens is 174 g/mol. The van der Waals surface area contributed by atoms with E-state index in [0.29, 0.717) is 13.2 Å². The van der Waals surface area contributed by atoms with E-state index in [9.17, 15) is 0 Å². The molecule has 0 aliphatic carbocycles. The zero-order valence-electron chi connectivity index (χ0n) is 6.77. The molecule has 1 unspecified atom stereocenters. The molecule has 68 valence electrons. The fourth-order valence-corrected chi connectivity index (χ4v) is 1.40. The Morgan fingerprint density at radius 2 is 2.50 bits per heavy atom. The standard InChI is InChI=1S/C8H13NO2S/c9-4-7(10)5-11-6-8-2-1-3-12-8/h1-3,7,10H,4-6,9H2. The van der Waals surface area contributed by atoms with Crippen LogP contribution in [-0.2, 0) is 11.3 Å². The minimum Gasteiger partial charge on any atom is -0.389 e. The van der Waals surface area contributed by atoms with Crippen LogP contribution in [0.5, 0.6) is 0 Å². The van der Waals surface area contributed by atoms with Gasteiger partial charge in [-0.1, -0.05) is 6.07 Å². The molecule has 0 saturated carbocycles. The van der Waals surface area contributed by atoms with Crippen LogP contribution in [0, 0.1) is 0 Å². The van der Waals surface area contributed by atoms with Crippen molar-refractivity contribution in [2.24, 2.45) is 5.73 Å².